The Labute approximate surface area is 117 Å². The van der Waals surface area contributed by atoms with Crippen LogP contribution in [0.3, 0.4) is 0 Å². The van der Waals surface area contributed by atoms with Crippen molar-refractivity contribution in [3.8, 4) is 0 Å². The van der Waals surface area contributed by atoms with Gasteiger partial charge < -0.3 is 15.4 Å². The first-order chi connectivity index (χ1) is 8.39. The van der Waals surface area contributed by atoms with Gasteiger partial charge in [-0.25, -0.2) is 4.79 Å². The Morgan fingerprint density at radius 3 is 1.95 bits per heavy atom. The molecule has 1 heterocycles. The molecule has 0 unspecified atom stereocenters. The van der Waals surface area contributed by atoms with E-state index in [4.69, 9.17) is 10.5 Å². The molecule has 0 aromatic rings. The monoisotopic (exact) mass is 270 g/mol. The van der Waals surface area contributed by atoms with E-state index in [1.165, 1.54) is 0 Å². The van der Waals surface area contributed by atoms with E-state index in [2.05, 4.69) is 27.7 Å². The normalized spacial score (nSPS) is 23.3. The summed E-state index contributed by atoms with van der Waals surface area (Å²) in [4.78, 5) is 14.1. The second kappa shape index (κ2) is 4.97. The molecule has 1 saturated heterocycles. The van der Waals surface area contributed by atoms with Crippen LogP contribution in [0.25, 0.3) is 0 Å². The predicted molar refractivity (Wildman–Crippen MR) is 77.9 cm³/mol. The largest absolute Gasteiger partial charge is 0.444 e. The molecule has 1 aliphatic rings. The lowest BCUT2D eigenvalue weighted by atomic mass is 9.62. The summed E-state index contributed by atoms with van der Waals surface area (Å²) >= 11 is 0. The first-order valence-electron chi connectivity index (χ1n) is 7.07. The van der Waals surface area contributed by atoms with Crippen molar-refractivity contribution < 1.29 is 9.53 Å². The maximum absolute atomic E-state index is 12.3. The molecule has 1 aliphatic heterocycles. The number of nitrogens with zero attached hydrogens (tertiary/aromatic N) is 1. The first-order valence-corrected chi connectivity index (χ1v) is 7.07. The molecule has 0 bridgehead atoms. The van der Waals surface area contributed by atoms with E-state index in [0.717, 1.165) is 0 Å². The third-order valence-electron chi connectivity index (χ3n) is 3.97. The summed E-state index contributed by atoms with van der Waals surface area (Å²) in [5.74, 6) is 0.402. The predicted octanol–water partition coefficient (Wildman–Crippen LogP) is 2.86. The van der Waals surface area contributed by atoms with Gasteiger partial charge in [-0.1, -0.05) is 27.7 Å². The topological polar surface area (TPSA) is 55.6 Å². The van der Waals surface area contributed by atoms with Crippen LogP contribution in [0.2, 0.25) is 0 Å². The molecule has 1 rings (SSSR count). The molecule has 0 saturated carbocycles. The van der Waals surface area contributed by atoms with Crippen LogP contribution in [0.5, 0.6) is 0 Å². The van der Waals surface area contributed by atoms with Gasteiger partial charge in [0.15, 0.2) is 0 Å². The summed E-state index contributed by atoms with van der Waals surface area (Å²) in [6, 6.07) is 0. The van der Waals surface area contributed by atoms with Crippen LogP contribution >= 0.6 is 0 Å². The van der Waals surface area contributed by atoms with Crippen LogP contribution in [-0.4, -0.2) is 36.2 Å². The van der Waals surface area contributed by atoms with Gasteiger partial charge in [-0.05, 0) is 44.1 Å². The van der Waals surface area contributed by atoms with Gasteiger partial charge in [-0.2, -0.15) is 0 Å². The maximum atomic E-state index is 12.3. The molecule has 4 nitrogen and oxygen atoms in total. The first kappa shape index (κ1) is 16.3. The Morgan fingerprint density at radius 1 is 1.21 bits per heavy atom. The Morgan fingerprint density at radius 2 is 1.63 bits per heavy atom. The number of hydrogen-bond donors (Lipinski definition) is 1. The summed E-state index contributed by atoms with van der Waals surface area (Å²) < 4.78 is 5.49. The molecule has 0 aromatic heterocycles. The number of nitrogens with two attached hydrogens (primary N) is 1. The van der Waals surface area contributed by atoms with Gasteiger partial charge >= 0.3 is 6.09 Å². The highest BCUT2D eigenvalue weighted by atomic mass is 16.6. The average molecular weight is 270 g/mol. The average Bonchev–Trinajstić information content (AvgIpc) is 2.11. The number of carbonyl (C=O) groups excluding carboxylic acids is 1. The molecule has 0 spiro atoms. The molecule has 0 aromatic carbocycles. The Bertz CT molecular complexity index is 325. The van der Waals surface area contributed by atoms with Crippen LogP contribution in [0, 0.1) is 16.7 Å². The molecule has 112 valence electrons. The van der Waals surface area contributed by atoms with E-state index in [1.54, 1.807) is 0 Å². The smallest absolute Gasteiger partial charge is 0.410 e. The lowest BCUT2D eigenvalue weighted by Crippen LogP contribution is -2.59. The number of hydrogen-bond acceptors (Lipinski definition) is 3. The molecule has 4 heteroatoms. The highest BCUT2D eigenvalue weighted by Gasteiger charge is 2.47. The Kier molecular flexibility index (Phi) is 4.26. The zero-order chi connectivity index (χ0) is 15.1. The number of piperidine rings is 1. The van der Waals surface area contributed by atoms with Crippen molar-refractivity contribution in [1.82, 2.24) is 4.90 Å². The van der Waals surface area contributed by atoms with Gasteiger partial charge in [0.1, 0.15) is 5.60 Å². The number of ether oxygens (including phenoxy) is 1. The van der Waals surface area contributed by atoms with E-state index in [0.29, 0.717) is 25.6 Å². The van der Waals surface area contributed by atoms with Crippen molar-refractivity contribution in [2.45, 2.75) is 54.1 Å². The molecular formula is C15H30N2O2. The summed E-state index contributed by atoms with van der Waals surface area (Å²) in [7, 11) is 0. The molecule has 0 atom stereocenters. The van der Waals surface area contributed by atoms with Crippen molar-refractivity contribution in [1.29, 1.82) is 0 Å². The number of carbonyl (C=O) groups is 1. The van der Waals surface area contributed by atoms with Gasteiger partial charge in [0.25, 0.3) is 0 Å². The third kappa shape index (κ3) is 3.85. The van der Waals surface area contributed by atoms with Crippen LogP contribution in [0.4, 0.5) is 4.79 Å². The summed E-state index contributed by atoms with van der Waals surface area (Å²) in [5, 5.41) is 0. The molecule has 0 radical (unpaired) electrons. The van der Waals surface area contributed by atoms with E-state index >= 15 is 0 Å². The van der Waals surface area contributed by atoms with Crippen molar-refractivity contribution in [3.63, 3.8) is 0 Å². The van der Waals surface area contributed by atoms with Gasteiger partial charge in [0.05, 0.1) is 0 Å². The zero-order valence-corrected chi connectivity index (χ0v) is 13.5. The fourth-order valence-corrected chi connectivity index (χ4v) is 3.41. The third-order valence-corrected chi connectivity index (χ3v) is 3.97. The maximum Gasteiger partial charge on any atom is 0.410 e. The lowest BCUT2D eigenvalue weighted by molar-refractivity contribution is -0.0508. The second-order valence-electron chi connectivity index (χ2n) is 8.10. The number of likely N-dealkylation sites (tertiary alicyclic amines) is 1. The zero-order valence-electron chi connectivity index (χ0n) is 13.5. The molecule has 0 aliphatic carbocycles. The van der Waals surface area contributed by atoms with E-state index < -0.39 is 5.60 Å². The minimum atomic E-state index is -0.448. The summed E-state index contributed by atoms with van der Waals surface area (Å²) in [6.45, 7) is 16.5. The molecule has 2 N–H and O–H groups in total. The van der Waals surface area contributed by atoms with Crippen LogP contribution in [0.1, 0.15) is 48.5 Å². The van der Waals surface area contributed by atoms with Gasteiger partial charge in [0, 0.05) is 13.1 Å². The van der Waals surface area contributed by atoms with Gasteiger partial charge in [0.2, 0.25) is 0 Å². The minimum Gasteiger partial charge on any atom is -0.444 e. The quantitative estimate of drug-likeness (QED) is 0.797. The van der Waals surface area contributed by atoms with Crippen LogP contribution in [-0.2, 0) is 4.74 Å². The molecule has 1 fully saturated rings. The Balaban J connectivity index is 2.88. The minimum absolute atomic E-state index is 0.00735. The second-order valence-corrected chi connectivity index (χ2v) is 8.10. The van der Waals surface area contributed by atoms with Gasteiger partial charge in [-0.3, -0.25) is 0 Å². The standard InChI is InChI=1S/C15H30N2O2/c1-13(2,3)19-12(18)17-9-14(4,5)11(8-16)15(6,7)10-17/h11H,8-10,16H2,1-7H3. The van der Waals surface area contributed by atoms with Crippen LogP contribution in [0.15, 0.2) is 0 Å². The molecule has 19 heavy (non-hydrogen) atoms. The van der Waals surface area contributed by atoms with Crippen molar-refractivity contribution in [2.75, 3.05) is 19.6 Å². The fourth-order valence-electron chi connectivity index (χ4n) is 3.41. The van der Waals surface area contributed by atoms with E-state index in [-0.39, 0.29) is 16.9 Å². The Hall–Kier alpha value is -0.770. The van der Waals surface area contributed by atoms with E-state index in [1.807, 2.05) is 25.7 Å². The van der Waals surface area contributed by atoms with Crippen molar-refractivity contribution in [3.05, 3.63) is 0 Å². The van der Waals surface area contributed by atoms with Crippen molar-refractivity contribution >= 4 is 6.09 Å². The number of amides is 1. The SMILES string of the molecule is CC(C)(C)OC(=O)N1CC(C)(C)C(CN)C(C)(C)C1. The highest BCUT2D eigenvalue weighted by Crippen LogP contribution is 2.45. The van der Waals surface area contributed by atoms with Crippen LogP contribution < -0.4 is 5.73 Å². The summed E-state index contributed by atoms with van der Waals surface area (Å²) in [5.41, 5.74) is 5.51. The molecular weight excluding hydrogens is 240 g/mol. The number of rotatable bonds is 1. The molecule has 1 amide bonds. The van der Waals surface area contributed by atoms with Crippen molar-refractivity contribution in [2.24, 2.45) is 22.5 Å². The highest BCUT2D eigenvalue weighted by molar-refractivity contribution is 5.68. The summed E-state index contributed by atoms with van der Waals surface area (Å²) in [6.07, 6.45) is -0.218. The lowest BCUT2D eigenvalue weighted by Gasteiger charge is -2.53. The fraction of sp³-hybridized carbons (Fsp3) is 0.933. The van der Waals surface area contributed by atoms with E-state index in [9.17, 15) is 4.79 Å². The van der Waals surface area contributed by atoms with Gasteiger partial charge in [-0.15, -0.1) is 0 Å².